The van der Waals surface area contributed by atoms with Crippen LogP contribution in [0.4, 0.5) is 0 Å². The van der Waals surface area contributed by atoms with Crippen molar-refractivity contribution in [3.8, 4) is 17.6 Å². The number of benzene rings is 1. The van der Waals surface area contributed by atoms with Crippen LogP contribution >= 0.6 is 0 Å². The van der Waals surface area contributed by atoms with Gasteiger partial charge in [-0.1, -0.05) is 19.9 Å². The van der Waals surface area contributed by atoms with Gasteiger partial charge in [0.15, 0.2) is 5.78 Å². The molecule has 0 aromatic heterocycles. The Morgan fingerprint density at radius 2 is 2.00 bits per heavy atom. The van der Waals surface area contributed by atoms with Crippen LogP contribution in [0.15, 0.2) is 41.0 Å². The minimum Gasteiger partial charge on any atom is -0.497 e. The quantitative estimate of drug-likeness (QED) is 0.896. The summed E-state index contributed by atoms with van der Waals surface area (Å²) >= 11 is 0. The Bertz CT molecular complexity index is 874. The molecule has 2 aliphatic rings. The maximum atomic E-state index is 12.9. The first-order valence-electron chi connectivity index (χ1n) is 8.37. The fraction of sp³-hybridized carbons (Fsp3) is 0.400. The lowest BCUT2D eigenvalue weighted by Crippen LogP contribution is -2.33. The monoisotopic (exact) mass is 354 g/mol. The van der Waals surface area contributed by atoms with Gasteiger partial charge in [0, 0.05) is 30.0 Å². The molecule has 26 heavy (non-hydrogen) atoms. The molecule has 1 aliphatic carbocycles. The Morgan fingerprint density at radius 1 is 1.27 bits per heavy atom. The van der Waals surface area contributed by atoms with E-state index in [4.69, 9.17) is 19.9 Å². The van der Waals surface area contributed by atoms with Gasteiger partial charge in [-0.2, -0.15) is 5.26 Å². The van der Waals surface area contributed by atoms with Gasteiger partial charge in [-0.05, 0) is 11.5 Å². The van der Waals surface area contributed by atoms with Crippen molar-refractivity contribution < 1.29 is 19.0 Å². The molecule has 2 N–H and O–H groups in total. The number of hydrogen-bond donors (Lipinski definition) is 1. The largest absolute Gasteiger partial charge is 0.497 e. The number of nitrogens with zero attached hydrogens (tertiary/aromatic N) is 1. The van der Waals surface area contributed by atoms with Gasteiger partial charge in [0.05, 0.1) is 20.1 Å². The van der Waals surface area contributed by atoms with Gasteiger partial charge in [0.2, 0.25) is 5.88 Å². The van der Waals surface area contributed by atoms with Gasteiger partial charge in [0.25, 0.3) is 0 Å². The average Bonchev–Trinajstić information content (AvgIpc) is 2.58. The van der Waals surface area contributed by atoms with E-state index in [-0.39, 0.29) is 22.7 Å². The number of nitrogens with two attached hydrogens (primary N) is 1. The summed E-state index contributed by atoms with van der Waals surface area (Å²) in [6.45, 7) is 4.03. The van der Waals surface area contributed by atoms with E-state index in [1.165, 1.54) is 7.11 Å². The van der Waals surface area contributed by atoms with Crippen molar-refractivity contribution in [2.75, 3.05) is 14.2 Å². The maximum Gasteiger partial charge on any atom is 0.205 e. The third kappa shape index (κ3) is 2.90. The second-order valence-electron chi connectivity index (χ2n) is 7.31. The van der Waals surface area contributed by atoms with Gasteiger partial charge < -0.3 is 19.9 Å². The van der Waals surface area contributed by atoms with Crippen LogP contribution in [0.25, 0.3) is 0 Å². The van der Waals surface area contributed by atoms with Crippen molar-refractivity contribution in [2.45, 2.75) is 32.6 Å². The van der Waals surface area contributed by atoms with E-state index in [1.54, 1.807) is 25.3 Å². The molecule has 136 valence electrons. The van der Waals surface area contributed by atoms with Crippen LogP contribution < -0.4 is 15.2 Å². The summed E-state index contributed by atoms with van der Waals surface area (Å²) in [5.41, 5.74) is 7.23. The van der Waals surface area contributed by atoms with Crippen LogP contribution in [0.2, 0.25) is 0 Å². The summed E-state index contributed by atoms with van der Waals surface area (Å²) in [5, 5.41) is 9.67. The van der Waals surface area contributed by atoms with Crippen LogP contribution in [0.1, 0.15) is 38.2 Å². The topological polar surface area (TPSA) is 94.6 Å². The molecule has 1 heterocycles. The standard InChI is InChI=1S/C20H22N2O4/c1-20(2)8-14(23)18-16(9-20)26-19(22)13(10-21)17(18)12-6-5-11(24-3)7-15(12)25-4/h5-7,17H,8-9,22H2,1-4H3/t17-/m1/s1. The first-order valence-corrected chi connectivity index (χ1v) is 8.37. The molecule has 0 amide bonds. The SMILES string of the molecule is COc1ccc([C@@H]2C(C#N)=C(N)OC3=C2C(=O)CC(C)(C)C3)c(OC)c1. The Labute approximate surface area is 152 Å². The minimum atomic E-state index is -0.604. The number of ether oxygens (including phenoxy) is 3. The van der Waals surface area contributed by atoms with E-state index in [0.717, 1.165) is 0 Å². The number of methoxy groups -OCH3 is 2. The molecule has 0 fully saturated rings. The molecule has 1 aromatic rings. The Hall–Kier alpha value is -2.94. The van der Waals surface area contributed by atoms with E-state index in [1.807, 2.05) is 13.8 Å². The minimum absolute atomic E-state index is 0.0284. The lowest BCUT2D eigenvalue weighted by molar-refractivity contribution is -0.119. The summed E-state index contributed by atoms with van der Waals surface area (Å²) in [6.07, 6.45) is 0.977. The fourth-order valence-electron chi connectivity index (χ4n) is 3.65. The van der Waals surface area contributed by atoms with Crippen LogP contribution in [0.3, 0.4) is 0 Å². The van der Waals surface area contributed by atoms with E-state index in [9.17, 15) is 10.1 Å². The molecule has 1 aromatic carbocycles. The number of Topliss-reactive ketones (excluding diaryl/α,β-unsaturated/α-hetero) is 1. The second kappa shape index (κ2) is 6.41. The van der Waals surface area contributed by atoms with E-state index in [0.29, 0.717) is 41.2 Å². The van der Waals surface area contributed by atoms with Gasteiger partial charge >= 0.3 is 0 Å². The molecule has 0 radical (unpaired) electrons. The normalized spacial score (nSPS) is 21.7. The number of carbonyl (C=O) groups excluding carboxylic acids is 1. The summed E-state index contributed by atoms with van der Waals surface area (Å²) in [7, 11) is 3.10. The zero-order valence-electron chi connectivity index (χ0n) is 15.4. The maximum absolute atomic E-state index is 12.9. The Morgan fingerprint density at radius 3 is 2.62 bits per heavy atom. The molecule has 1 aliphatic heterocycles. The highest BCUT2D eigenvalue weighted by Gasteiger charge is 2.43. The molecule has 0 unspecified atom stereocenters. The highest BCUT2D eigenvalue weighted by Crippen LogP contribution is 2.49. The lowest BCUT2D eigenvalue weighted by atomic mass is 9.70. The number of carbonyl (C=O) groups is 1. The summed E-state index contributed by atoms with van der Waals surface area (Å²) in [5.74, 6) is 1.11. The molecule has 0 saturated heterocycles. The molecule has 6 nitrogen and oxygen atoms in total. The van der Waals surface area contributed by atoms with Crippen molar-refractivity contribution in [2.24, 2.45) is 11.1 Å². The fourth-order valence-corrected chi connectivity index (χ4v) is 3.65. The Kier molecular flexibility index (Phi) is 4.41. The molecule has 0 spiro atoms. The molecule has 3 rings (SSSR count). The van der Waals surface area contributed by atoms with Crippen molar-refractivity contribution in [3.05, 3.63) is 46.6 Å². The highest BCUT2D eigenvalue weighted by atomic mass is 16.5. The molecule has 0 bridgehead atoms. The zero-order valence-corrected chi connectivity index (χ0v) is 15.4. The molecular formula is C20H22N2O4. The van der Waals surface area contributed by atoms with E-state index >= 15 is 0 Å². The zero-order chi connectivity index (χ0) is 19.1. The van der Waals surface area contributed by atoms with Crippen LogP contribution in [-0.2, 0) is 9.53 Å². The Balaban J connectivity index is 2.22. The predicted octanol–water partition coefficient (Wildman–Crippen LogP) is 3.15. The second-order valence-corrected chi connectivity index (χ2v) is 7.31. The molecular weight excluding hydrogens is 332 g/mol. The van der Waals surface area contributed by atoms with Crippen LogP contribution in [-0.4, -0.2) is 20.0 Å². The first kappa shape index (κ1) is 17.9. The van der Waals surface area contributed by atoms with Crippen molar-refractivity contribution in [1.82, 2.24) is 0 Å². The molecule has 1 atom stereocenters. The van der Waals surface area contributed by atoms with Gasteiger partial charge in [0.1, 0.15) is 28.9 Å². The predicted molar refractivity (Wildman–Crippen MR) is 95.2 cm³/mol. The first-order chi connectivity index (χ1) is 12.3. The summed E-state index contributed by atoms with van der Waals surface area (Å²) in [6, 6.07) is 7.42. The highest BCUT2D eigenvalue weighted by molar-refractivity contribution is 6.00. The third-order valence-corrected chi connectivity index (χ3v) is 4.83. The van der Waals surface area contributed by atoms with Crippen molar-refractivity contribution in [1.29, 1.82) is 5.26 Å². The van der Waals surface area contributed by atoms with Crippen molar-refractivity contribution >= 4 is 5.78 Å². The number of hydrogen-bond acceptors (Lipinski definition) is 6. The summed E-state index contributed by atoms with van der Waals surface area (Å²) in [4.78, 5) is 12.9. The third-order valence-electron chi connectivity index (χ3n) is 4.83. The summed E-state index contributed by atoms with van der Waals surface area (Å²) < 4.78 is 16.4. The van der Waals surface area contributed by atoms with E-state index in [2.05, 4.69) is 6.07 Å². The lowest BCUT2D eigenvalue weighted by Gasteiger charge is -2.37. The number of rotatable bonds is 3. The van der Waals surface area contributed by atoms with Crippen molar-refractivity contribution in [3.63, 3.8) is 0 Å². The number of ketones is 1. The number of nitriles is 1. The number of allylic oxidation sites excluding steroid dienone is 3. The smallest absolute Gasteiger partial charge is 0.205 e. The molecule has 0 saturated carbocycles. The van der Waals surface area contributed by atoms with Gasteiger partial charge in [-0.25, -0.2) is 0 Å². The van der Waals surface area contributed by atoms with Gasteiger partial charge in [-0.3, -0.25) is 4.79 Å². The van der Waals surface area contributed by atoms with Crippen LogP contribution in [0, 0.1) is 16.7 Å². The van der Waals surface area contributed by atoms with Crippen LogP contribution in [0.5, 0.6) is 11.5 Å². The van der Waals surface area contributed by atoms with E-state index < -0.39 is 5.92 Å². The van der Waals surface area contributed by atoms with Gasteiger partial charge in [-0.15, -0.1) is 0 Å². The molecule has 6 heteroatoms. The average molecular weight is 354 g/mol.